The second-order valence-corrected chi connectivity index (χ2v) is 5.69. The number of halogens is 2. The molecule has 3 amide bonds. The fourth-order valence-electron chi connectivity index (χ4n) is 2.12. The molecular formula is C14H17Cl2N3O2. The van der Waals surface area contributed by atoms with E-state index in [-0.39, 0.29) is 18.5 Å². The Morgan fingerprint density at radius 1 is 1.38 bits per heavy atom. The van der Waals surface area contributed by atoms with Crippen molar-refractivity contribution in [3.05, 3.63) is 33.8 Å². The molecule has 0 aromatic heterocycles. The van der Waals surface area contributed by atoms with E-state index < -0.39 is 0 Å². The van der Waals surface area contributed by atoms with Crippen LogP contribution in [0.4, 0.5) is 4.79 Å². The van der Waals surface area contributed by atoms with Crippen molar-refractivity contribution in [3.63, 3.8) is 0 Å². The molecule has 0 atom stereocenters. The number of carbonyl (C=O) groups excluding carboxylic acids is 2. The number of piperazine rings is 1. The van der Waals surface area contributed by atoms with E-state index in [1.165, 1.54) is 4.90 Å². The summed E-state index contributed by atoms with van der Waals surface area (Å²) in [6, 6.07) is 5.20. The molecule has 0 unspecified atom stereocenters. The first-order chi connectivity index (χ1) is 10.1. The average molecular weight is 330 g/mol. The molecule has 1 aromatic rings. The SMILES string of the molecule is O=C1CN(C(=O)NCCCc2ccc(Cl)cc2Cl)CCN1. The van der Waals surface area contributed by atoms with E-state index in [2.05, 4.69) is 10.6 Å². The van der Waals surface area contributed by atoms with Gasteiger partial charge in [-0.1, -0.05) is 29.3 Å². The van der Waals surface area contributed by atoms with Gasteiger partial charge in [-0.2, -0.15) is 0 Å². The van der Waals surface area contributed by atoms with Gasteiger partial charge in [-0.05, 0) is 30.5 Å². The Balaban J connectivity index is 1.71. The molecule has 21 heavy (non-hydrogen) atoms. The molecule has 0 radical (unpaired) electrons. The van der Waals surface area contributed by atoms with Gasteiger partial charge in [0.25, 0.3) is 0 Å². The maximum absolute atomic E-state index is 11.9. The minimum absolute atomic E-state index is 0.120. The summed E-state index contributed by atoms with van der Waals surface area (Å²) in [7, 11) is 0. The molecule has 1 fully saturated rings. The quantitative estimate of drug-likeness (QED) is 0.830. The summed E-state index contributed by atoms with van der Waals surface area (Å²) in [6.07, 6.45) is 1.53. The summed E-state index contributed by atoms with van der Waals surface area (Å²) in [5.74, 6) is -0.121. The lowest BCUT2D eigenvalue weighted by atomic mass is 10.1. The van der Waals surface area contributed by atoms with E-state index in [1.807, 2.05) is 6.07 Å². The van der Waals surface area contributed by atoms with Crippen molar-refractivity contribution in [3.8, 4) is 0 Å². The van der Waals surface area contributed by atoms with Crippen molar-refractivity contribution in [2.24, 2.45) is 0 Å². The summed E-state index contributed by atoms with van der Waals surface area (Å²) in [4.78, 5) is 24.6. The molecule has 2 rings (SSSR count). The normalized spacial score (nSPS) is 14.8. The van der Waals surface area contributed by atoms with Crippen LogP contribution in [0.1, 0.15) is 12.0 Å². The van der Waals surface area contributed by atoms with E-state index in [9.17, 15) is 9.59 Å². The lowest BCUT2D eigenvalue weighted by Gasteiger charge is -2.26. The fourth-order valence-corrected chi connectivity index (χ4v) is 2.63. The standard InChI is InChI=1S/C14H17Cl2N3O2/c15-11-4-3-10(12(16)8-11)2-1-5-18-14(21)19-7-6-17-13(20)9-19/h3-4,8H,1-2,5-7,9H2,(H,17,20)(H,18,21). The number of carbonyl (C=O) groups is 2. The number of urea groups is 1. The predicted octanol–water partition coefficient (Wildman–Crippen LogP) is 2.07. The highest BCUT2D eigenvalue weighted by molar-refractivity contribution is 6.35. The predicted molar refractivity (Wildman–Crippen MR) is 82.8 cm³/mol. The summed E-state index contributed by atoms with van der Waals surface area (Å²) >= 11 is 11.9. The zero-order chi connectivity index (χ0) is 15.2. The second-order valence-electron chi connectivity index (χ2n) is 4.84. The first-order valence-corrected chi connectivity index (χ1v) is 7.55. The molecule has 2 N–H and O–H groups in total. The van der Waals surface area contributed by atoms with Gasteiger partial charge in [0.15, 0.2) is 0 Å². The minimum atomic E-state index is -0.202. The number of benzene rings is 1. The Hall–Kier alpha value is -1.46. The first-order valence-electron chi connectivity index (χ1n) is 6.79. The Morgan fingerprint density at radius 3 is 2.90 bits per heavy atom. The number of nitrogens with one attached hydrogen (secondary N) is 2. The molecular weight excluding hydrogens is 313 g/mol. The van der Waals surface area contributed by atoms with Gasteiger partial charge < -0.3 is 15.5 Å². The lowest BCUT2D eigenvalue weighted by molar-refractivity contribution is -0.123. The monoisotopic (exact) mass is 329 g/mol. The topological polar surface area (TPSA) is 61.4 Å². The van der Waals surface area contributed by atoms with Crippen LogP contribution in [0.25, 0.3) is 0 Å². The molecule has 1 heterocycles. The van der Waals surface area contributed by atoms with Crippen LogP contribution in [-0.4, -0.2) is 43.0 Å². The molecule has 7 heteroatoms. The molecule has 1 aliphatic rings. The Bertz CT molecular complexity index is 537. The summed E-state index contributed by atoms with van der Waals surface area (Å²) < 4.78 is 0. The van der Waals surface area contributed by atoms with Crippen LogP contribution in [0, 0.1) is 0 Å². The van der Waals surface area contributed by atoms with Crippen LogP contribution in [0.3, 0.4) is 0 Å². The van der Waals surface area contributed by atoms with Crippen LogP contribution in [0.5, 0.6) is 0 Å². The lowest BCUT2D eigenvalue weighted by Crippen LogP contribution is -2.53. The van der Waals surface area contributed by atoms with E-state index in [0.29, 0.717) is 29.7 Å². The highest BCUT2D eigenvalue weighted by Gasteiger charge is 2.20. The van der Waals surface area contributed by atoms with Crippen molar-refractivity contribution in [1.82, 2.24) is 15.5 Å². The van der Waals surface area contributed by atoms with Crippen LogP contribution in [0.15, 0.2) is 18.2 Å². The maximum atomic E-state index is 11.9. The van der Waals surface area contributed by atoms with E-state index in [1.54, 1.807) is 12.1 Å². The van der Waals surface area contributed by atoms with Gasteiger partial charge >= 0.3 is 6.03 Å². The van der Waals surface area contributed by atoms with Crippen LogP contribution in [0.2, 0.25) is 10.0 Å². The van der Waals surface area contributed by atoms with Gasteiger partial charge in [0.05, 0.1) is 0 Å². The highest BCUT2D eigenvalue weighted by Crippen LogP contribution is 2.21. The molecule has 0 bridgehead atoms. The number of rotatable bonds is 4. The summed E-state index contributed by atoms with van der Waals surface area (Å²) in [5.41, 5.74) is 1.01. The molecule has 0 spiro atoms. The second kappa shape index (κ2) is 7.52. The van der Waals surface area contributed by atoms with Crippen molar-refractivity contribution < 1.29 is 9.59 Å². The molecule has 0 saturated carbocycles. The van der Waals surface area contributed by atoms with E-state index in [4.69, 9.17) is 23.2 Å². The van der Waals surface area contributed by atoms with Crippen molar-refractivity contribution in [1.29, 1.82) is 0 Å². The van der Waals surface area contributed by atoms with E-state index in [0.717, 1.165) is 18.4 Å². The molecule has 5 nitrogen and oxygen atoms in total. The Kier molecular flexibility index (Phi) is 5.70. The maximum Gasteiger partial charge on any atom is 0.317 e. The van der Waals surface area contributed by atoms with Gasteiger partial charge in [-0.15, -0.1) is 0 Å². The largest absolute Gasteiger partial charge is 0.353 e. The van der Waals surface area contributed by atoms with Gasteiger partial charge in [-0.3, -0.25) is 4.79 Å². The molecule has 1 aliphatic heterocycles. The Morgan fingerprint density at radius 2 is 2.19 bits per heavy atom. The molecule has 1 saturated heterocycles. The number of hydrogen-bond acceptors (Lipinski definition) is 2. The molecule has 114 valence electrons. The number of nitrogens with zero attached hydrogens (tertiary/aromatic N) is 1. The Labute approximate surface area is 133 Å². The minimum Gasteiger partial charge on any atom is -0.353 e. The smallest absolute Gasteiger partial charge is 0.317 e. The third-order valence-corrected chi connectivity index (χ3v) is 3.83. The van der Waals surface area contributed by atoms with Gasteiger partial charge in [0, 0.05) is 29.7 Å². The molecule has 0 aliphatic carbocycles. The van der Waals surface area contributed by atoms with Crippen LogP contribution in [-0.2, 0) is 11.2 Å². The van der Waals surface area contributed by atoms with Gasteiger partial charge in [-0.25, -0.2) is 4.79 Å². The molecule has 1 aromatic carbocycles. The third-order valence-electron chi connectivity index (χ3n) is 3.24. The van der Waals surface area contributed by atoms with Crippen LogP contribution >= 0.6 is 23.2 Å². The number of amides is 3. The zero-order valence-electron chi connectivity index (χ0n) is 11.5. The van der Waals surface area contributed by atoms with Gasteiger partial charge in [0.2, 0.25) is 5.91 Å². The zero-order valence-corrected chi connectivity index (χ0v) is 13.0. The number of aryl methyl sites for hydroxylation is 1. The average Bonchev–Trinajstić information content (AvgIpc) is 2.45. The van der Waals surface area contributed by atoms with Gasteiger partial charge in [0.1, 0.15) is 6.54 Å². The number of hydrogen-bond donors (Lipinski definition) is 2. The van der Waals surface area contributed by atoms with Crippen molar-refractivity contribution in [2.45, 2.75) is 12.8 Å². The third kappa shape index (κ3) is 4.79. The van der Waals surface area contributed by atoms with Crippen LogP contribution < -0.4 is 10.6 Å². The summed E-state index contributed by atoms with van der Waals surface area (Å²) in [6.45, 7) is 1.71. The van der Waals surface area contributed by atoms with E-state index >= 15 is 0 Å². The van der Waals surface area contributed by atoms with Crippen molar-refractivity contribution in [2.75, 3.05) is 26.2 Å². The summed E-state index contributed by atoms with van der Waals surface area (Å²) in [5, 5.41) is 6.74. The first kappa shape index (κ1) is 15.9. The fraction of sp³-hybridized carbons (Fsp3) is 0.429. The highest BCUT2D eigenvalue weighted by atomic mass is 35.5. The van der Waals surface area contributed by atoms with Crippen molar-refractivity contribution >= 4 is 35.1 Å².